The van der Waals surface area contributed by atoms with Crippen LogP contribution in [0.3, 0.4) is 0 Å². The minimum atomic E-state index is -1.04. The zero-order chi connectivity index (χ0) is 15.3. The molecule has 1 unspecified atom stereocenters. The highest BCUT2D eigenvalue weighted by Gasteiger charge is 2.17. The summed E-state index contributed by atoms with van der Waals surface area (Å²) in [6, 6.07) is 2.89. The topological polar surface area (TPSA) is 136 Å². The third-order valence-electron chi connectivity index (χ3n) is 2.43. The lowest BCUT2D eigenvalue weighted by molar-refractivity contribution is -0.384. The lowest BCUT2D eigenvalue weighted by Crippen LogP contribution is -2.36. The van der Waals surface area contributed by atoms with Gasteiger partial charge in [0.25, 0.3) is 5.69 Å². The first-order chi connectivity index (χ1) is 9.31. The van der Waals surface area contributed by atoms with Crippen molar-refractivity contribution in [3.63, 3.8) is 0 Å². The van der Waals surface area contributed by atoms with Gasteiger partial charge in [-0.3, -0.25) is 19.7 Å². The van der Waals surface area contributed by atoms with Crippen LogP contribution in [0.5, 0.6) is 0 Å². The number of carboxylic acids is 1. The summed E-state index contributed by atoms with van der Waals surface area (Å²) in [6.45, 7) is 0. The van der Waals surface area contributed by atoms with Gasteiger partial charge in [-0.05, 0) is 28.4 Å². The van der Waals surface area contributed by atoms with E-state index in [1.54, 1.807) is 0 Å². The van der Waals surface area contributed by atoms with Gasteiger partial charge in [-0.2, -0.15) is 0 Å². The van der Waals surface area contributed by atoms with Gasteiger partial charge in [-0.1, -0.05) is 0 Å². The number of amides is 1. The average molecular weight is 346 g/mol. The number of carbonyl (C=O) groups is 2. The molecule has 1 rings (SSSR count). The SMILES string of the molecule is NC(CCC(=O)O)C(=O)Nc1ccc([N+](=O)[O-])cc1Br. The Morgan fingerprint density at radius 1 is 1.50 bits per heavy atom. The second-order valence-electron chi connectivity index (χ2n) is 3.95. The molecule has 0 radical (unpaired) electrons. The molecule has 0 aliphatic heterocycles. The molecule has 1 atom stereocenters. The van der Waals surface area contributed by atoms with Crippen molar-refractivity contribution in [2.75, 3.05) is 5.32 Å². The maximum absolute atomic E-state index is 11.7. The van der Waals surface area contributed by atoms with E-state index in [2.05, 4.69) is 21.2 Å². The molecule has 0 heterocycles. The van der Waals surface area contributed by atoms with Crippen LogP contribution < -0.4 is 11.1 Å². The fourth-order valence-corrected chi connectivity index (χ4v) is 1.82. The van der Waals surface area contributed by atoms with Crippen LogP contribution in [0, 0.1) is 10.1 Å². The Morgan fingerprint density at radius 3 is 2.65 bits per heavy atom. The van der Waals surface area contributed by atoms with Crippen molar-refractivity contribution in [3.8, 4) is 0 Å². The molecule has 20 heavy (non-hydrogen) atoms. The van der Waals surface area contributed by atoms with Gasteiger partial charge in [0, 0.05) is 23.0 Å². The van der Waals surface area contributed by atoms with Crippen molar-refractivity contribution in [2.24, 2.45) is 5.73 Å². The largest absolute Gasteiger partial charge is 0.481 e. The van der Waals surface area contributed by atoms with E-state index >= 15 is 0 Å². The van der Waals surface area contributed by atoms with Gasteiger partial charge < -0.3 is 16.2 Å². The second-order valence-corrected chi connectivity index (χ2v) is 4.80. The summed E-state index contributed by atoms with van der Waals surface area (Å²) in [4.78, 5) is 32.1. The summed E-state index contributed by atoms with van der Waals surface area (Å²) in [5.41, 5.74) is 5.75. The van der Waals surface area contributed by atoms with Gasteiger partial charge in [-0.25, -0.2) is 0 Å². The number of hydrogen-bond acceptors (Lipinski definition) is 5. The minimum Gasteiger partial charge on any atom is -0.481 e. The van der Waals surface area contributed by atoms with E-state index in [9.17, 15) is 19.7 Å². The number of benzene rings is 1. The third kappa shape index (κ3) is 4.59. The second kappa shape index (κ2) is 6.96. The van der Waals surface area contributed by atoms with Crippen LogP contribution in [0.1, 0.15) is 12.8 Å². The van der Waals surface area contributed by atoms with Gasteiger partial charge in [0.15, 0.2) is 0 Å². The molecular formula is C11H12BrN3O5. The van der Waals surface area contributed by atoms with Gasteiger partial charge in [0.2, 0.25) is 5.91 Å². The molecule has 0 aromatic heterocycles. The van der Waals surface area contributed by atoms with Crippen LogP contribution in [0.2, 0.25) is 0 Å². The molecule has 9 heteroatoms. The average Bonchev–Trinajstić information content (AvgIpc) is 2.37. The molecule has 108 valence electrons. The lowest BCUT2D eigenvalue weighted by Gasteiger charge is -2.12. The molecule has 1 aromatic carbocycles. The summed E-state index contributed by atoms with van der Waals surface area (Å²) in [5.74, 6) is -1.59. The Labute approximate surface area is 122 Å². The van der Waals surface area contributed by atoms with Crippen molar-refractivity contribution in [1.29, 1.82) is 0 Å². The number of rotatable bonds is 6. The summed E-state index contributed by atoms with van der Waals surface area (Å²) < 4.78 is 0.338. The number of nitrogens with one attached hydrogen (secondary N) is 1. The number of nitro groups is 1. The number of anilines is 1. The number of hydrogen-bond donors (Lipinski definition) is 3. The third-order valence-corrected chi connectivity index (χ3v) is 3.08. The van der Waals surface area contributed by atoms with Crippen LogP contribution in [-0.4, -0.2) is 27.9 Å². The van der Waals surface area contributed by atoms with E-state index < -0.39 is 22.8 Å². The maximum atomic E-state index is 11.7. The Balaban J connectivity index is 2.70. The Morgan fingerprint density at radius 2 is 2.15 bits per heavy atom. The normalized spacial score (nSPS) is 11.7. The molecule has 0 saturated carbocycles. The molecule has 1 aromatic rings. The van der Waals surface area contributed by atoms with E-state index in [4.69, 9.17) is 10.8 Å². The first kappa shape index (κ1) is 16.1. The number of non-ortho nitro benzene ring substituents is 1. The Kier molecular flexibility index (Phi) is 5.59. The predicted molar refractivity (Wildman–Crippen MR) is 74.3 cm³/mol. The van der Waals surface area contributed by atoms with Crippen LogP contribution >= 0.6 is 15.9 Å². The monoisotopic (exact) mass is 345 g/mol. The molecule has 0 aliphatic carbocycles. The van der Waals surface area contributed by atoms with Crippen molar-refractivity contribution in [2.45, 2.75) is 18.9 Å². The number of carbonyl (C=O) groups excluding carboxylic acids is 1. The molecule has 4 N–H and O–H groups in total. The highest BCUT2D eigenvalue weighted by atomic mass is 79.9. The first-order valence-corrected chi connectivity index (χ1v) is 6.32. The number of nitro benzene ring substituents is 1. The lowest BCUT2D eigenvalue weighted by atomic mass is 10.1. The molecule has 1 amide bonds. The standard InChI is InChI=1S/C11H12BrN3O5/c12-7-5-6(15(19)20)1-3-9(7)14-11(18)8(13)2-4-10(16)17/h1,3,5,8H,2,4,13H2,(H,14,18)(H,16,17). The van der Waals surface area contributed by atoms with E-state index in [0.717, 1.165) is 0 Å². The fraction of sp³-hybridized carbons (Fsp3) is 0.273. The minimum absolute atomic E-state index is 0.00572. The quantitative estimate of drug-likeness (QED) is 0.527. The van der Waals surface area contributed by atoms with Gasteiger partial charge in [0.05, 0.1) is 16.7 Å². The number of nitrogens with zero attached hydrogens (tertiary/aromatic N) is 1. The zero-order valence-corrected chi connectivity index (χ0v) is 11.8. The van der Waals surface area contributed by atoms with E-state index in [1.165, 1.54) is 18.2 Å². The fourth-order valence-electron chi connectivity index (χ4n) is 1.35. The summed E-state index contributed by atoms with van der Waals surface area (Å²) in [7, 11) is 0. The van der Waals surface area contributed by atoms with Gasteiger partial charge >= 0.3 is 5.97 Å². The van der Waals surface area contributed by atoms with Crippen molar-refractivity contribution in [1.82, 2.24) is 0 Å². The van der Waals surface area contributed by atoms with Crippen LogP contribution in [-0.2, 0) is 9.59 Å². The van der Waals surface area contributed by atoms with E-state index in [-0.39, 0.29) is 18.5 Å². The summed E-state index contributed by atoms with van der Waals surface area (Å²) in [5, 5.41) is 21.5. The molecule has 0 saturated heterocycles. The first-order valence-electron chi connectivity index (χ1n) is 5.53. The molecule has 0 spiro atoms. The number of carboxylic acid groups (broad SMARTS) is 1. The van der Waals surface area contributed by atoms with Gasteiger partial charge in [-0.15, -0.1) is 0 Å². The highest BCUT2D eigenvalue weighted by Crippen LogP contribution is 2.27. The number of nitrogens with two attached hydrogens (primary N) is 1. The highest BCUT2D eigenvalue weighted by molar-refractivity contribution is 9.10. The zero-order valence-electron chi connectivity index (χ0n) is 10.2. The van der Waals surface area contributed by atoms with Crippen molar-refractivity contribution in [3.05, 3.63) is 32.8 Å². The van der Waals surface area contributed by atoms with E-state index in [1.807, 2.05) is 0 Å². The molecule has 0 aliphatic rings. The number of halogens is 1. The summed E-state index contributed by atoms with van der Waals surface area (Å²) in [6.07, 6.45) is -0.207. The Bertz CT molecular complexity index is 549. The number of aliphatic carboxylic acids is 1. The summed E-state index contributed by atoms with van der Waals surface area (Å²) >= 11 is 3.10. The smallest absolute Gasteiger partial charge is 0.303 e. The maximum Gasteiger partial charge on any atom is 0.303 e. The van der Waals surface area contributed by atoms with Gasteiger partial charge in [0.1, 0.15) is 0 Å². The molecule has 0 fully saturated rings. The predicted octanol–water partition coefficient (Wildman–Crippen LogP) is 1.49. The van der Waals surface area contributed by atoms with E-state index in [0.29, 0.717) is 10.2 Å². The molecule has 0 bridgehead atoms. The van der Waals surface area contributed by atoms with Crippen molar-refractivity contribution >= 4 is 39.2 Å². The molecule has 8 nitrogen and oxygen atoms in total. The molecular weight excluding hydrogens is 334 g/mol. The van der Waals surface area contributed by atoms with Crippen LogP contribution in [0.25, 0.3) is 0 Å². The van der Waals surface area contributed by atoms with Crippen molar-refractivity contribution < 1.29 is 19.6 Å². The van der Waals surface area contributed by atoms with Crippen LogP contribution in [0.4, 0.5) is 11.4 Å². The van der Waals surface area contributed by atoms with Crippen LogP contribution in [0.15, 0.2) is 22.7 Å². The Hall–Kier alpha value is -2.00.